The highest BCUT2D eigenvalue weighted by Crippen LogP contribution is 2.44. The molecule has 0 aromatic heterocycles. The zero-order valence-electron chi connectivity index (χ0n) is 13.6. The summed E-state index contributed by atoms with van der Waals surface area (Å²) in [5, 5.41) is 9.15. The molecular formula is C19H19NO4. The van der Waals surface area contributed by atoms with E-state index < -0.39 is 18.2 Å². The van der Waals surface area contributed by atoms with Crippen molar-refractivity contribution in [1.82, 2.24) is 4.90 Å². The van der Waals surface area contributed by atoms with E-state index in [1.165, 1.54) is 0 Å². The second-order valence-corrected chi connectivity index (χ2v) is 6.05. The first-order valence-corrected chi connectivity index (χ1v) is 7.88. The van der Waals surface area contributed by atoms with Crippen LogP contribution in [0.5, 0.6) is 0 Å². The number of carbonyl (C=O) groups excluding carboxylic acids is 1. The first-order valence-electron chi connectivity index (χ1n) is 7.88. The highest BCUT2D eigenvalue weighted by atomic mass is 16.6. The normalized spacial score (nSPS) is 12.6. The molecule has 0 saturated heterocycles. The molecule has 5 heteroatoms. The van der Waals surface area contributed by atoms with Crippen molar-refractivity contribution in [2.45, 2.75) is 25.8 Å². The summed E-state index contributed by atoms with van der Waals surface area (Å²) < 4.78 is 5.33. The van der Waals surface area contributed by atoms with Gasteiger partial charge in [0.2, 0.25) is 0 Å². The van der Waals surface area contributed by atoms with Gasteiger partial charge in [0.05, 0.1) is 0 Å². The highest BCUT2D eigenvalue weighted by molar-refractivity contribution is 5.87. The smallest absolute Gasteiger partial charge is 0.419 e. The van der Waals surface area contributed by atoms with Gasteiger partial charge in [0.25, 0.3) is 0 Å². The lowest BCUT2D eigenvalue weighted by Crippen LogP contribution is -2.41. The van der Waals surface area contributed by atoms with Crippen molar-refractivity contribution in [3.05, 3.63) is 59.7 Å². The number of hydrogen-bond acceptors (Lipinski definition) is 3. The standard InChI is InChI=1S/C19H19NO4/c1-12(2)20(18(21)22)19(23)24-11-17-15-9-5-3-7-13(15)14-8-4-6-10-16(14)17/h3-10,12,17H,11H2,1-2H3,(H,21,22). The third kappa shape index (κ3) is 2.73. The molecule has 0 unspecified atom stereocenters. The van der Waals surface area contributed by atoms with Crippen LogP contribution in [0.15, 0.2) is 48.5 Å². The largest absolute Gasteiger partial charge is 0.465 e. The van der Waals surface area contributed by atoms with Crippen LogP contribution in [-0.2, 0) is 4.74 Å². The lowest BCUT2D eigenvalue weighted by Gasteiger charge is -2.22. The maximum absolute atomic E-state index is 12.1. The minimum atomic E-state index is -1.30. The molecule has 0 radical (unpaired) electrons. The number of imide groups is 1. The summed E-state index contributed by atoms with van der Waals surface area (Å²) in [4.78, 5) is 24.0. The zero-order valence-corrected chi connectivity index (χ0v) is 13.6. The van der Waals surface area contributed by atoms with Crippen LogP contribution < -0.4 is 0 Å². The minimum Gasteiger partial charge on any atom is -0.465 e. The van der Waals surface area contributed by atoms with Gasteiger partial charge in [-0.05, 0) is 36.1 Å². The van der Waals surface area contributed by atoms with E-state index >= 15 is 0 Å². The van der Waals surface area contributed by atoms with Gasteiger partial charge in [0.1, 0.15) is 6.61 Å². The van der Waals surface area contributed by atoms with Crippen LogP contribution in [0.4, 0.5) is 9.59 Å². The van der Waals surface area contributed by atoms with Crippen LogP contribution in [-0.4, -0.2) is 34.8 Å². The number of hydrogen-bond donors (Lipinski definition) is 1. The summed E-state index contributed by atoms with van der Waals surface area (Å²) in [5.74, 6) is -0.0795. The monoisotopic (exact) mass is 325 g/mol. The topological polar surface area (TPSA) is 66.8 Å². The number of carbonyl (C=O) groups is 2. The molecule has 1 N–H and O–H groups in total. The van der Waals surface area contributed by atoms with E-state index in [0.29, 0.717) is 4.90 Å². The Morgan fingerprint density at radius 2 is 1.54 bits per heavy atom. The van der Waals surface area contributed by atoms with Crippen molar-refractivity contribution in [3.8, 4) is 11.1 Å². The summed E-state index contributed by atoms with van der Waals surface area (Å²) in [5.41, 5.74) is 4.46. The fourth-order valence-corrected chi connectivity index (χ4v) is 3.17. The molecule has 124 valence electrons. The molecule has 1 aliphatic rings. The van der Waals surface area contributed by atoms with E-state index in [1.54, 1.807) is 13.8 Å². The van der Waals surface area contributed by atoms with E-state index in [1.807, 2.05) is 48.5 Å². The summed E-state index contributed by atoms with van der Waals surface area (Å²) in [6.45, 7) is 3.38. The van der Waals surface area contributed by atoms with Crippen molar-refractivity contribution in [2.24, 2.45) is 0 Å². The van der Waals surface area contributed by atoms with Crippen molar-refractivity contribution in [2.75, 3.05) is 6.61 Å². The minimum absolute atomic E-state index is 0.0795. The molecule has 0 atom stereocenters. The van der Waals surface area contributed by atoms with Crippen molar-refractivity contribution in [3.63, 3.8) is 0 Å². The first-order chi connectivity index (χ1) is 11.5. The SMILES string of the molecule is CC(C)N(C(=O)O)C(=O)OCC1c2ccccc2-c2ccccc21. The van der Waals surface area contributed by atoms with Gasteiger partial charge in [0.15, 0.2) is 0 Å². The number of ether oxygens (including phenoxy) is 1. The molecule has 0 spiro atoms. The Labute approximate surface area is 140 Å². The predicted octanol–water partition coefficient (Wildman–Crippen LogP) is 4.32. The maximum atomic E-state index is 12.1. The quantitative estimate of drug-likeness (QED) is 0.912. The van der Waals surface area contributed by atoms with Gasteiger partial charge >= 0.3 is 12.2 Å². The fraction of sp³-hybridized carbons (Fsp3) is 0.263. The molecule has 0 bridgehead atoms. The Morgan fingerprint density at radius 3 is 2.00 bits per heavy atom. The van der Waals surface area contributed by atoms with E-state index in [4.69, 9.17) is 9.84 Å². The van der Waals surface area contributed by atoms with Crippen molar-refractivity contribution >= 4 is 12.2 Å². The number of fused-ring (bicyclic) bond motifs is 3. The van der Waals surface area contributed by atoms with Gasteiger partial charge in [-0.15, -0.1) is 0 Å². The Bertz CT molecular complexity index is 739. The summed E-state index contributed by atoms with van der Waals surface area (Å²) >= 11 is 0. The predicted molar refractivity (Wildman–Crippen MR) is 90.1 cm³/mol. The highest BCUT2D eigenvalue weighted by Gasteiger charge is 2.31. The molecule has 2 aromatic rings. The lowest BCUT2D eigenvalue weighted by atomic mass is 9.98. The van der Waals surface area contributed by atoms with Crippen molar-refractivity contribution < 1.29 is 19.4 Å². The van der Waals surface area contributed by atoms with Gasteiger partial charge in [0, 0.05) is 12.0 Å². The van der Waals surface area contributed by atoms with Gasteiger partial charge in [-0.25, -0.2) is 14.5 Å². The summed E-state index contributed by atoms with van der Waals surface area (Å²) in [7, 11) is 0. The number of rotatable bonds is 3. The van der Waals surface area contributed by atoms with E-state index in [0.717, 1.165) is 22.3 Å². The molecule has 2 aromatic carbocycles. The van der Waals surface area contributed by atoms with Crippen LogP contribution in [0.1, 0.15) is 30.9 Å². The van der Waals surface area contributed by atoms with Crippen LogP contribution in [0.2, 0.25) is 0 Å². The van der Waals surface area contributed by atoms with Gasteiger partial charge in [-0.2, -0.15) is 0 Å². The molecule has 0 saturated carbocycles. The molecule has 24 heavy (non-hydrogen) atoms. The van der Waals surface area contributed by atoms with E-state index in [2.05, 4.69) is 0 Å². The molecule has 2 amide bonds. The Kier molecular flexibility index (Phi) is 4.25. The number of carboxylic acid groups (broad SMARTS) is 1. The first kappa shape index (κ1) is 16.1. The van der Waals surface area contributed by atoms with E-state index in [-0.39, 0.29) is 12.5 Å². The maximum Gasteiger partial charge on any atom is 0.419 e. The van der Waals surface area contributed by atoms with Crippen LogP contribution in [0.25, 0.3) is 11.1 Å². The molecule has 1 aliphatic carbocycles. The molecule has 5 nitrogen and oxygen atoms in total. The third-order valence-electron chi connectivity index (χ3n) is 4.26. The van der Waals surface area contributed by atoms with Gasteiger partial charge in [-0.1, -0.05) is 48.5 Å². The van der Waals surface area contributed by atoms with Gasteiger partial charge in [-0.3, -0.25) is 0 Å². The zero-order chi connectivity index (χ0) is 17.3. The van der Waals surface area contributed by atoms with Crippen LogP contribution in [0.3, 0.4) is 0 Å². The van der Waals surface area contributed by atoms with Gasteiger partial charge < -0.3 is 9.84 Å². The molecule has 0 fully saturated rings. The van der Waals surface area contributed by atoms with Crippen LogP contribution in [0, 0.1) is 0 Å². The average molecular weight is 325 g/mol. The molecular weight excluding hydrogens is 306 g/mol. The second kappa shape index (κ2) is 6.35. The summed E-state index contributed by atoms with van der Waals surface area (Å²) in [6.07, 6.45) is -2.14. The molecule has 0 heterocycles. The number of nitrogens with zero attached hydrogens (tertiary/aromatic N) is 1. The Morgan fingerprint density at radius 1 is 1.04 bits per heavy atom. The average Bonchev–Trinajstić information content (AvgIpc) is 2.86. The fourth-order valence-electron chi connectivity index (χ4n) is 3.17. The summed E-state index contributed by atoms with van der Waals surface area (Å²) in [6, 6.07) is 15.5. The number of amides is 2. The van der Waals surface area contributed by atoms with Crippen molar-refractivity contribution in [1.29, 1.82) is 0 Å². The molecule has 3 rings (SSSR count). The van der Waals surface area contributed by atoms with E-state index in [9.17, 15) is 9.59 Å². The second-order valence-electron chi connectivity index (χ2n) is 6.05. The number of benzene rings is 2. The third-order valence-corrected chi connectivity index (χ3v) is 4.26. The Hall–Kier alpha value is -2.82. The molecule has 0 aliphatic heterocycles. The Balaban J connectivity index is 1.83. The van der Waals surface area contributed by atoms with Crippen LogP contribution >= 0.6 is 0 Å². The lowest BCUT2D eigenvalue weighted by molar-refractivity contribution is 0.0833.